The van der Waals surface area contributed by atoms with E-state index in [2.05, 4.69) is 0 Å². The normalized spacial score (nSPS) is 53.3. The molecule has 0 amide bonds. The van der Waals surface area contributed by atoms with Crippen molar-refractivity contribution in [3.05, 3.63) is 0 Å². The van der Waals surface area contributed by atoms with Gasteiger partial charge in [-0.25, -0.2) is 0 Å². The molecular weight excluding hydrogens is 1080 g/mol. The molecule has 456 valence electrons. The molecular formula is C42H72O36. The first kappa shape index (κ1) is 64.1. The maximum absolute atomic E-state index is 11.3. The van der Waals surface area contributed by atoms with Gasteiger partial charge in [0.1, 0.15) is 171 Å². The molecule has 34 unspecified atom stereocenters. The van der Waals surface area contributed by atoms with Crippen LogP contribution in [0.3, 0.4) is 0 Å². The molecule has 0 saturated carbocycles. The SMILES string of the molecule is OCC1OC(OCC2OC(OCC3OC(OCC4OC(OC5C(O)C(CO)OC5(CO)OC5OC(COC6OC(CO)C(O)C(O)C6O)C(O)C(O)C5O)C(O)C(O)C4O)C(O)C(O)C3O)C(O)C(O)C2O)C(O)C(O)C1O. The lowest BCUT2D eigenvalue weighted by Crippen LogP contribution is -2.65. The summed E-state index contributed by atoms with van der Waals surface area (Å²) in [4.78, 5) is 0. The van der Waals surface area contributed by atoms with Crippen molar-refractivity contribution in [3.8, 4) is 0 Å². The maximum Gasteiger partial charge on any atom is 0.224 e. The molecule has 7 saturated heterocycles. The average Bonchev–Trinajstić information content (AvgIpc) is 3.83. The zero-order valence-corrected chi connectivity index (χ0v) is 40.8. The third-order valence-electron chi connectivity index (χ3n) is 14.5. The van der Waals surface area contributed by atoms with Crippen molar-refractivity contribution in [2.45, 2.75) is 208 Å². The Balaban J connectivity index is 0.978. The van der Waals surface area contributed by atoms with Gasteiger partial charge < -0.3 is 179 Å². The summed E-state index contributed by atoms with van der Waals surface area (Å²) >= 11 is 0. The summed E-state index contributed by atoms with van der Waals surface area (Å²) in [6, 6.07) is 0. The van der Waals surface area contributed by atoms with Crippen LogP contribution in [0.4, 0.5) is 0 Å². The molecule has 23 N–H and O–H groups in total. The molecule has 7 heterocycles. The fraction of sp³-hybridized carbons (Fsp3) is 1.00. The lowest BCUT2D eigenvalue weighted by Gasteiger charge is -2.46. The summed E-state index contributed by atoms with van der Waals surface area (Å²) in [5, 5.41) is 242. The summed E-state index contributed by atoms with van der Waals surface area (Å²) in [5.41, 5.74) is 0. The highest BCUT2D eigenvalue weighted by atomic mass is 16.8. The molecule has 34 atom stereocenters. The minimum absolute atomic E-state index is 0.730. The van der Waals surface area contributed by atoms with Crippen molar-refractivity contribution in [2.75, 3.05) is 52.9 Å². The van der Waals surface area contributed by atoms with Crippen LogP contribution in [0.2, 0.25) is 0 Å². The average molecular weight is 1150 g/mol. The van der Waals surface area contributed by atoms with E-state index in [4.69, 9.17) is 61.6 Å². The minimum atomic E-state index is -2.79. The van der Waals surface area contributed by atoms with E-state index >= 15 is 0 Å². The van der Waals surface area contributed by atoms with Crippen molar-refractivity contribution in [1.29, 1.82) is 0 Å². The van der Waals surface area contributed by atoms with Crippen LogP contribution < -0.4 is 0 Å². The van der Waals surface area contributed by atoms with Gasteiger partial charge in [0.25, 0.3) is 0 Å². The van der Waals surface area contributed by atoms with Crippen molar-refractivity contribution < 1.29 is 179 Å². The first-order valence-electron chi connectivity index (χ1n) is 24.6. The second-order valence-corrected chi connectivity index (χ2v) is 19.8. The fourth-order valence-corrected chi connectivity index (χ4v) is 9.65. The summed E-state index contributed by atoms with van der Waals surface area (Å²) in [5.74, 6) is -2.79. The maximum atomic E-state index is 11.3. The van der Waals surface area contributed by atoms with Gasteiger partial charge >= 0.3 is 0 Å². The van der Waals surface area contributed by atoms with Crippen LogP contribution >= 0.6 is 0 Å². The van der Waals surface area contributed by atoms with Gasteiger partial charge in [0.05, 0.1) is 46.2 Å². The van der Waals surface area contributed by atoms with Gasteiger partial charge in [-0.15, -0.1) is 0 Å². The predicted octanol–water partition coefficient (Wildman–Crippen LogP) is -16.3. The number of rotatable bonds is 20. The first-order chi connectivity index (χ1) is 36.8. The van der Waals surface area contributed by atoms with Crippen LogP contribution in [0.15, 0.2) is 0 Å². The van der Waals surface area contributed by atoms with Crippen LogP contribution in [0, 0.1) is 0 Å². The summed E-state index contributed by atoms with van der Waals surface area (Å²) < 4.78 is 72.1. The standard InChI is InChI=1S/C42H72O36/c43-1-9-16(47)23(54)29(60)36(70-9)66-4-12-18(49)25(56)31(62)38(72-12)68-5-13-19(50)26(57)32(63)39(73-13)69-6-14-20(51)27(58)33(64)40(74-14)76-35-22(53)11(3-45)77-42(35,8-46)78-41-34(65)28(59)21(52)15(75-41)7-67-37-30(61)24(55)17(48)10(2-44)71-37/h9-41,43-65H,1-8H2. The number of ether oxygens (including phenoxy) is 13. The number of aliphatic hydroxyl groups is 23. The fourth-order valence-electron chi connectivity index (χ4n) is 9.65. The summed E-state index contributed by atoms with van der Waals surface area (Å²) in [7, 11) is 0. The zero-order chi connectivity index (χ0) is 57.4. The smallest absolute Gasteiger partial charge is 0.224 e. The Morgan fingerprint density at radius 1 is 0.269 bits per heavy atom. The van der Waals surface area contributed by atoms with Crippen molar-refractivity contribution >= 4 is 0 Å². The molecule has 0 aromatic heterocycles. The predicted molar refractivity (Wildman–Crippen MR) is 232 cm³/mol. The largest absolute Gasteiger partial charge is 0.394 e. The molecule has 0 aromatic carbocycles. The van der Waals surface area contributed by atoms with Crippen LogP contribution in [0.5, 0.6) is 0 Å². The van der Waals surface area contributed by atoms with Crippen molar-refractivity contribution in [3.63, 3.8) is 0 Å². The molecule has 36 heteroatoms. The van der Waals surface area contributed by atoms with Crippen LogP contribution in [0.1, 0.15) is 0 Å². The van der Waals surface area contributed by atoms with Crippen LogP contribution in [-0.2, 0) is 61.6 Å². The molecule has 78 heavy (non-hydrogen) atoms. The lowest BCUT2D eigenvalue weighted by atomic mass is 9.97. The number of hydrogen-bond acceptors (Lipinski definition) is 36. The molecule has 7 aliphatic rings. The van der Waals surface area contributed by atoms with Gasteiger partial charge in [-0.05, 0) is 0 Å². The molecule has 7 aliphatic heterocycles. The molecule has 7 rings (SSSR count). The highest BCUT2D eigenvalue weighted by Gasteiger charge is 2.62. The highest BCUT2D eigenvalue weighted by molar-refractivity contribution is 5.02. The number of hydrogen-bond donors (Lipinski definition) is 23. The lowest BCUT2D eigenvalue weighted by molar-refractivity contribution is -0.403. The third-order valence-corrected chi connectivity index (χ3v) is 14.5. The Bertz CT molecular complexity index is 1830. The van der Waals surface area contributed by atoms with E-state index < -0.39 is 261 Å². The first-order valence-corrected chi connectivity index (χ1v) is 24.6. The van der Waals surface area contributed by atoms with Gasteiger partial charge in [0.2, 0.25) is 5.79 Å². The second-order valence-electron chi connectivity index (χ2n) is 19.8. The summed E-state index contributed by atoms with van der Waals surface area (Å²) in [6.07, 6.45) is -63.1. The van der Waals surface area contributed by atoms with E-state index in [9.17, 15) is 117 Å². The van der Waals surface area contributed by atoms with Gasteiger partial charge in [-0.2, -0.15) is 0 Å². The molecule has 0 spiro atoms. The van der Waals surface area contributed by atoms with E-state index in [1.807, 2.05) is 0 Å². The topological polar surface area (TPSA) is 585 Å². The van der Waals surface area contributed by atoms with Gasteiger partial charge in [-0.1, -0.05) is 0 Å². The molecule has 7 fully saturated rings. The molecule has 0 radical (unpaired) electrons. The number of aliphatic hydroxyl groups excluding tert-OH is 23. The van der Waals surface area contributed by atoms with Gasteiger partial charge in [-0.3, -0.25) is 0 Å². The van der Waals surface area contributed by atoms with E-state index in [0.29, 0.717) is 0 Å². The Morgan fingerprint density at radius 3 is 0.833 bits per heavy atom. The minimum Gasteiger partial charge on any atom is -0.394 e. The molecule has 36 nitrogen and oxygen atoms in total. The van der Waals surface area contributed by atoms with Gasteiger partial charge in [0, 0.05) is 0 Å². The Hall–Kier alpha value is -1.44. The van der Waals surface area contributed by atoms with E-state index in [1.54, 1.807) is 0 Å². The van der Waals surface area contributed by atoms with Crippen molar-refractivity contribution in [1.82, 2.24) is 0 Å². The Kier molecular flexibility index (Phi) is 22.3. The molecule has 0 aliphatic carbocycles. The van der Waals surface area contributed by atoms with E-state index in [-0.39, 0.29) is 0 Å². The molecule has 0 aromatic rings. The van der Waals surface area contributed by atoms with Gasteiger partial charge in [0.15, 0.2) is 37.7 Å². The van der Waals surface area contributed by atoms with E-state index in [0.717, 1.165) is 0 Å². The van der Waals surface area contributed by atoms with E-state index in [1.165, 1.54) is 0 Å². The quantitative estimate of drug-likeness (QED) is 0.0538. The highest BCUT2D eigenvalue weighted by Crippen LogP contribution is 2.40. The van der Waals surface area contributed by atoms with Crippen molar-refractivity contribution in [2.24, 2.45) is 0 Å². The summed E-state index contributed by atoms with van der Waals surface area (Å²) in [6.45, 7) is -7.36. The second kappa shape index (κ2) is 27.1. The zero-order valence-electron chi connectivity index (χ0n) is 40.8. The van der Waals surface area contributed by atoms with Crippen LogP contribution in [0.25, 0.3) is 0 Å². The van der Waals surface area contributed by atoms with Crippen LogP contribution in [-0.4, -0.2) is 379 Å². The Morgan fingerprint density at radius 2 is 0.526 bits per heavy atom. The third kappa shape index (κ3) is 13.1. The monoisotopic (exact) mass is 1150 g/mol. The Labute approximate surface area is 439 Å². The molecule has 0 bridgehead atoms.